The fourth-order valence-electron chi connectivity index (χ4n) is 0.777. The molecule has 1 aromatic carbocycles. The van der Waals surface area contributed by atoms with Gasteiger partial charge in [-0.25, -0.2) is 4.39 Å². The summed E-state index contributed by atoms with van der Waals surface area (Å²) in [6, 6.07) is 3.59. The van der Waals surface area contributed by atoms with Crippen LogP contribution in [0.4, 0.5) is 17.3 Å². The summed E-state index contributed by atoms with van der Waals surface area (Å²) in [5.41, 5.74) is 0. The Kier molecular flexibility index (Phi) is 7.01. The van der Waals surface area contributed by atoms with Crippen LogP contribution in [0.2, 0.25) is 0 Å². The standard InChI is InChI=1S/C7H5BBrF4O.K/c9-5-1-2-7(6(10)3-5)14-4-8(11,12)13;/h1-3H,4H2;/q-1;+1. The van der Waals surface area contributed by atoms with Crippen LogP contribution >= 0.6 is 15.9 Å². The van der Waals surface area contributed by atoms with E-state index in [9.17, 15) is 17.3 Å². The van der Waals surface area contributed by atoms with Gasteiger partial charge in [-0.1, -0.05) is 15.9 Å². The van der Waals surface area contributed by atoms with Crippen LogP contribution in [0.1, 0.15) is 0 Å². The molecule has 0 unspecified atom stereocenters. The Morgan fingerprint density at radius 1 is 1.27 bits per heavy atom. The summed E-state index contributed by atoms with van der Waals surface area (Å²) in [6.45, 7) is -6.48. The second-order valence-electron chi connectivity index (χ2n) is 2.60. The summed E-state index contributed by atoms with van der Waals surface area (Å²) in [6.07, 6.45) is 0. The largest absolute Gasteiger partial charge is 1.00 e. The molecule has 78 valence electrons. The average Bonchev–Trinajstić information content (AvgIpc) is 2.00. The van der Waals surface area contributed by atoms with E-state index in [-0.39, 0.29) is 51.4 Å². The zero-order chi connectivity index (χ0) is 10.8. The third kappa shape index (κ3) is 6.28. The van der Waals surface area contributed by atoms with E-state index in [1.165, 1.54) is 6.07 Å². The number of hydrogen-bond acceptors (Lipinski definition) is 1. The summed E-state index contributed by atoms with van der Waals surface area (Å²) in [4.78, 5) is 0. The van der Waals surface area contributed by atoms with Gasteiger partial charge in [0, 0.05) is 4.47 Å². The maximum Gasteiger partial charge on any atom is 1.00 e. The van der Waals surface area contributed by atoms with Gasteiger partial charge in [-0.05, 0) is 18.2 Å². The van der Waals surface area contributed by atoms with E-state index in [0.717, 1.165) is 12.1 Å². The van der Waals surface area contributed by atoms with E-state index >= 15 is 0 Å². The van der Waals surface area contributed by atoms with Gasteiger partial charge in [0.15, 0.2) is 11.6 Å². The number of ether oxygens (including phenoxy) is 1. The predicted octanol–water partition coefficient (Wildman–Crippen LogP) is 0.358. The van der Waals surface area contributed by atoms with Crippen LogP contribution in [-0.2, 0) is 0 Å². The van der Waals surface area contributed by atoms with Crippen LogP contribution < -0.4 is 56.1 Å². The second kappa shape index (κ2) is 6.61. The van der Waals surface area contributed by atoms with Gasteiger partial charge in [-0.15, -0.1) is 0 Å². The summed E-state index contributed by atoms with van der Waals surface area (Å²) in [5, 5.41) is 0. The Balaban J connectivity index is 0.00000196. The zero-order valence-electron chi connectivity index (χ0n) is 7.81. The molecule has 0 saturated carbocycles. The van der Waals surface area contributed by atoms with Crippen LogP contribution in [0, 0.1) is 5.82 Å². The van der Waals surface area contributed by atoms with Crippen molar-refractivity contribution < 1.29 is 73.5 Å². The maximum atomic E-state index is 12.9. The number of hydrogen-bond donors (Lipinski definition) is 0. The van der Waals surface area contributed by atoms with Gasteiger partial charge in [0.05, 0.1) is 6.51 Å². The van der Waals surface area contributed by atoms with Gasteiger partial charge in [0.25, 0.3) is 0 Å². The molecule has 1 rings (SSSR count). The van der Waals surface area contributed by atoms with Crippen molar-refractivity contribution in [3.05, 3.63) is 28.5 Å². The topological polar surface area (TPSA) is 9.23 Å². The predicted molar refractivity (Wildman–Crippen MR) is 48.7 cm³/mol. The molecule has 0 aromatic heterocycles. The van der Waals surface area contributed by atoms with E-state index in [2.05, 4.69) is 20.7 Å². The molecule has 0 aliphatic heterocycles. The maximum absolute atomic E-state index is 12.9. The molecule has 0 spiro atoms. The molecule has 0 atom stereocenters. The van der Waals surface area contributed by atoms with Crippen molar-refractivity contribution in [3.63, 3.8) is 0 Å². The first kappa shape index (κ1) is 15.9. The molecule has 0 bridgehead atoms. The molecule has 1 aromatic rings. The van der Waals surface area contributed by atoms with Crippen molar-refractivity contribution in [2.45, 2.75) is 0 Å². The molecule has 0 heterocycles. The molecule has 15 heavy (non-hydrogen) atoms. The van der Waals surface area contributed by atoms with Gasteiger partial charge in [0.2, 0.25) is 0 Å². The third-order valence-electron chi connectivity index (χ3n) is 1.32. The molecule has 0 aliphatic rings. The van der Waals surface area contributed by atoms with E-state index in [1.54, 1.807) is 0 Å². The minimum Gasteiger partial charge on any atom is -0.519 e. The molecular weight excluding hydrogens is 306 g/mol. The van der Waals surface area contributed by atoms with Crippen LogP contribution in [0.5, 0.6) is 5.75 Å². The molecule has 0 saturated heterocycles. The van der Waals surface area contributed by atoms with Crippen molar-refractivity contribution in [1.82, 2.24) is 0 Å². The monoisotopic (exact) mass is 310 g/mol. The minimum absolute atomic E-state index is 0. The summed E-state index contributed by atoms with van der Waals surface area (Å²) < 4.78 is 52.9. The average molecular weight is 311 g/mol. The quantitative estimate of drug-likeness (QED) is 0.578. The number of rotatable bonds is 3. The van der Waals surface area contributed by atoms with E-state index in [0.29, 0.717) is 4.47 Å². The first-order valence-corrected chi connectivity index (χ1v) is 4.46. The first-order chi connectivity index (χ1) is 6.38. The summed E-state index contributed by atoms with van der Waals surface area (Å²) in [7, 11) is 0. The Hall–Kier alpha value is 0.921. The van der Waals surface area contributed by atoms with Crippen molar-refractivity contribution in [2.24, 2.45) is 0 Å². The van der Waals surface area contributed by atoms with Crippen molar-refractivity contribution in [2.75, 3.05) is 6.51 Å². The molecule has 0 aliphatic carbocycles. The molecule has 1 nitrogen and oxygen atoms in total. The van der Waals surface area contributed by atoms with Gasteiger partial charge in [0.1, 0.15) is 0 Å². The Morgan fingerprint density at radius 3 is 2.33 bits per heavy atom. The van der Waals surface area contributed by atoms with Crippen LogP contribution in [0.25, 0.3) is 0 Å². The van der Waals surface area contributed by atoms with E-state index in [1.807, 2.05) is 0 Å². The van der Waals surface area contributed by atoms with Crippen LogP contribution in [-0.4, -0.2) is 13.5 Å². The van der Waals surface area contributed by atoms with Gasteiger partial charge < -0.3 is 17.7 Å². The minimum atomic E-state index is -5.05. The smallest absolute Gasteiger partial charge is 0.519 e. The zero-order valence-corrected chi connectivity index (χ0v) is 12.5. The number of halogens is 5. The first-order valence-electron chi connectivity index (χ1n) is 3.67. The van der Waals surface area contributed by atoms with Gasteiger partial charge in [-0.2, -0.15) is 0 Å². The van der Waals surface area contributed by atoms with E-state index in [4.69, 9.17) is 0 Å². The molecule has 0 amide bonds. The SMILES string of the molecule is Fc1cc(Br)ccc1OC[B-](F)(F)F.[K+]. The molecule has 0 N–H and O–H groups in total. The Morgan fingerprint density at radius 2 is 1.87 bits per heavy atom. The fourth-order valence-corrected chi connectivity index (χ4v) is 1.11. The summed E-state index contributed by atoms with van der Waals surface area (Å²) in [5.74, 6) is -1.22. The second-order valence-corrected chi connectivity index (χ2v) is 3.51. The van der Waals surface area contributed by atoms with Gasteiger partial charge >= 0.3 is 58.4 Å². The number of benzene rings is 1. The van der Waals surface area contributed by atoms with Crippen molar-refractivity contribution in [1.29, 1.82) is 0 Å². The molecule has 0 radical (unpaired) electrons. The van der Waals surface area contributed by atoms with Crippen molar-refractivity contribution in [3.8, 4) is 5.75 Å². The normalized spacial score (nSPS) is 10.7. The molecular formula is C7H5BBrF4KO. The Bertz CT molecular complexity index is 333. The van der Waals surface area contributed by atoms with Gasteiger partial charge in [-0.3, -0.25) is 0 Å². The van der Waals surface area contributed by atoms with Crippen LogP contribution in [0.15, 0.2) is 22.7 Å². The van der Waals surface area contributed by atoms with Crippen molar-refractivity contribution >= 4 is 22.9 Å². The van der Waals surface area contributed by atoms with Crippen LogP contribution in [0.3, 0.4) is 0 Å². The molecule has 0 fully saturated rings. The fraction of sp³-hybridized carbons (Fsp3) is 0.143. The summed E-state index contributed by atoms with van der Waals surface area (Å²) >= 11 is 2.97. The third-order valence-corrected chi connectivity index (χ3v) is 1.81. The molecule has 8 heteroatoms. The van der Waals surface area contributed by atoms with E-state index < -0.39 is 25.1 Å². The Labute approximate surface area is 135 Å².